The van der Waals surface area contributed by atoms with Crippen molar-refractivity contribution in [3.8, 4) is 0 Å². The highest BCUT2D eigenvalue weighted by Crippen LogP contribution is 2.68. The van der Waals surface area contributed by atoms with Crippen LogP contribution in [0.15, 0.2) is 11.3 Å². The predicted octanol–water partition coefficient (Wildman–Crippen LogP) is 3.21. The summed E-state index contributed by atoms with van der Waals surface area (Å²) < 4.78 is -0.983. The SMILES string of the molecule is CC(NC(=O)C1(C)CC1(Cl)Cl)=C1C(=O)CC2C1C2(C)C. The van der Waals surface area contributed by atoms with Crippen molar-refractivity contribution in [3.63, 3.8) is 0 Å². The zero-order chi connectivity index (χ0) is 15.1. The van der Waals surface area contributed by atoms with Gasteiger partial charge in [-0.1, -0.05) is 13.8 Å². The van der Waals surface area contributed by atoms with Crippen LogP contribution in [0.2, 0.25) is 0 Å². The number of hydrogen-bond acceptors (Lipinski definition) is 2. The average Bonchev–Trinajstić information content (AvgIpc) is 2.92. The van der Waals surface area contributed by atoms with E-state index in [2.05, 4.69) is 19.2 Å². The number of nitrogens with one attached hydrogen (secondary N) is 1. The van der Waals surface area contributed by atoms with E-state index in [1.807, 2.05) is 0 Å². The monoisotopic (exact) mass is 315 g/mol. The van der Waals surface area contributed by atoms with Crippen LogP contribution in [0, 0.1) is 22.7 Å². The third kappa shape index (κ3) is 1.72. The normalized spacial score (nSPS) is 42.0. The highest BCUT2D eigenvalue weighted by atomic mass is 35.5. The second-order valence-electron chi connectivity index (χ2n) is 7.24. The summed E-state index contributed by atoms with van der Waals surface area (Å²) >= 11 is 12.0. The number of carbonyl (C=O) groups excluding carboxylic acids is 2. The molecular weight excluding hydrogens is 297 g/mol. The third-order valence-electron chi connectivity index (χ3n) is 5.53. The largest absolute Gasteiger partial charge is 0.329 e. The van der Waals surface area contributed by atoms with E-state index >= 15 is 0 Å². The molecule has 3 rings (SSSR count). The Balaban J connectivity index is 1.80. The Morgan fingerprint density at radius 1 is 1.30 bits per heavy atom. The molecule has 0 spiro atoms. The first kappa shape index (κ1) is 14.4. The molecule has 3 unspecified atom stereocenters. The molecule has 0 aromatic carbocycles. The van der Waals surface area contributed by atoms with Gasteiger partial charge in [-0.3, -0.25) is 9.59 Å². The summed E-state index contributed by atoms with van der Waals surface area (Å²) in [6.07, 6.45) is 1.05. The van der Waals surface area contributed by atoms with Crippen LogP contribution in [0.5, 0.6) is 0 Å². The van der Waals surface area contributed by atoms with Crippen LogP contribution in [0.1, 0.15) is 40.5 Å². The van der Waals surface area contributed by atoms with E-state index in [9.17, 15) is 9.59 Å². The molecule has 5 heteroatoms. The van der Waals surface area contributed by atoms with E-state index in [4.69, 9.17) is 23.2 Å². The van der Waals surface area contributed by atoms with E-state index in [0.29, 0.717) is 30.4 Å². The van der Waals surface area contributed by atoms with Gasteiger partial charge in [-0.05, 0) is 37.5 Å². The molecule has 3 aliphatic rings. The van der Waals surface area contributed by atoms with Crippen LogP contribution in [0.4, 0.5) is 0 Å². The van der Waals surface area contributed by atoms with Gasteiger partial charge in [-0.15, -0.1) is 23.2 Å². The summed E-state index contributed by atoms with van der Waals surface area (Å²) in [4.78, 5) is 24.3. The molecule has 0 aromatic heterocycles. The van der Waals surface area contributed by atoms with E-state index in [1.54, 1.807) is 13.8 Å². The Kier molecular flexibility index (Phi) is 2.74. The number of amides is 1. The van der Waals surface area contributed by atoms with E-state index < -0.39 is 9.75 Å². The molecule has 110 valence electrons. The van der Waals surface area contributed by atoms with Crippen molar-refractivity contribution in [1.82, 2.24) is 5.32 Å². The standard InChI is InChI=1S/C15H19Cl2NO2/c1-7(18-12(20)14(4)6-15(14,16)17)10-9(19)5-8-11(10)13(8,2)3/h8,11H,5-6H2,1-4H3,(H,18,20). The number of rotatable bonds is 2. The molecule has 3 aliphatic carbocycles. The van der Waals surface area contributed by atoms with E-state index in [1.165, 1.54) is 0 Å². The van der Waals surface area contributed by atoms with Crippen LogP contribution in [0.3, 0.4) is 0 Å². The topological polar surface area (TPSA) is 46.2 Å². The molecule has 1 N–H and O–H groups in total. The Morgan fingerprint density at radius 3 is 2.30 bits per heavy atom. The summed E-state index contributed by atoms with van der Waals surface area (Å²) in [6, 6.07) is 0. The van der Waals surface area contributed by atoms with Gasteiger partial charge < -0.3 is 5.32 Å². The van der Waals surface area contributed by atoms with Gasteiger partial charge in [0.25, 0.3) is 0 Å². The quantitative estimate of drug-likeness (QED) is 0.628. The molecular formula is C15H19Cl2NO2. The molecule has 0 aliphatic heterocycles. The van der Waals surface area contributed by atoms with E-state index in [0.717, 1.165) is 5.57 Å². The van der Waals surface area contributed by atoms with Gasteiger partial charge in [0, 0.05) is 17.7 Å². The second kappa shape index (κ2) is 3.80. The number of hydrogen-bond donors (Lipinski definition) is 1. The van der Waals surface area contributed by atoms with Gasteiger partial charge in [-0.2, -0.15) is 0 Å². The first-order valence-electron chi connectivity index (χ1n) is 6.95. The van der Waals surface area contributed by atoms with Crippen molar-refractivity contribution >= 4 is 34.9 Å². The summed E-state index contributed by atoms with van der Waals surface area (Å²) in [7, 11) is 0. The molecule has 3 nitrogen and oxygen atoms in total. The van der Waals surface area contributed by atoms with Crippen LogP contribution in [0.25, 0.3) is 0 Å². The van der Waals surface area contributed by atoms with Gasteiger partial charge in [0.2, 0.25) is 5.91 Å². The fraction of sp³-hybridized carbons (Fsp3) is 0.733. The lowest BCUT2D eigenvalue weighted by Gasteiger charge is -2.16. The molecule has 0 heterocycles. The lowest BCUT2D eigenvalue weighted by molar-refractivity contribution is -0.125. The van der Waals surface area contributed by atoms with Gasteiger partial charge in [0.05, 0.1) is 5.41 Å². The maximum atomic E-state index is 12.3. The van der Waals surface area contributed by atoms with Gasteiger partial charge >= 0.3 is 0 Å². The Bertz CT molecular complexity index is 564. The zero-order valence-electron chi connectivity index (χ0n) is 12.1. The second-order valence-corrected chi connectivity index (χ2v) is 8.72. The molecule has 0 radical (unpaired) electrons. The number of fused-ring (bicyclic) bond motifs is 1. The first-order chi connectivity index (χ1) is 9.02. The number of ketones is 1. The van der Waals surface area contributed by atoms with E-state index in [-0.39, 0.29) is 17.1 Å². The summed E-state index contributed by atoms with van der Waals surface area (Å²) in [5, 5.41) is 2.86. The molecule has 3 fully saturated rings. The smallest absolute Gasteiger partial charge is 0.233 e. The molecule has 20 heavy (non-hydrogen) atoms. The van der Waals surface area contributed by atoms with Crippen molar-refractivity contribution in [2.24, 2.45) is 22.7 Å². The minimum Gasteiger partial charge on any atom is -0.329 e. The zero-order valence-corrected chi connectivity index (χ0v) is 13.7. The highest BCUT2D eigenvalue weighted by molar-refractivity contribution is 6.53. The molecule has 1 amide bonds. The van der Waals surface area contributed by atoms with Crippen LogP contribution in [-0.2, 0) is 9.59 Å². The average molecular weight is 316 g/mol. The minimum atomic E-state index is -0.983. The minimum absolute atomic E-state index is 0.168. The lowest BCUT2D eigenvalue weighted by Crippen LogP contribution is -2.33. The van der Waals surface area contributed by atoms with Crippen molar-refractivity contribution in [2.75, 3.05) is 0 Å². The molecule has 0 saturated heterocycles. The highest BCUT2D eigenvalue weighted by Gasteiger charge is 2.68. The fourth-order valence-corrected chi connectivity index (χ4v) is 4.35. The number of carbonyl (C=O) groups is 2. The van der Waals surface area contributed by atoms with Gasteiger partial charge in [0.15, 0.2) is 5.78 Å². The first-order valence-corrected chi connectivity index (χ1v) is 7.71. The summed E-state index contributed by atoms with van der Waals surface area (Å²) in [5.74, 6) is 0.705. The van der Waals surface area contributed by atoms with Crippen LogP contribution < -0.4 is 5.32 Å². The molecule has 0 bridgehead atoms. The number of allylic oxidation sites excluding steroid dienone is 2. The third-order valence-corrected chi connectivity index (χ3v) is 6.63. The van der Waals surface area contributed by atoms with Crippen molar-refractivity contribution in [3.05, 3.63) is 11.3 Å². The lowest BCUT2D eigenvalue weighted by atomic mass is 9.95. The van der Waals surface area contributed by atoms with Crippen molar-refractivity contribution in [2.45, 2.75) is 44.9 Å². The Hall–Kier alpha value is -0.540. The van der Waals surface area contributed by atoms with Crippen molar-refractivity contribution < 1.29 is 9.59 Å². The maximum Gasteiger partial charge on any atom is 0.233 e. The summed E-state index contributed by atoms with van der Waals surface area (Å²) in [6.45, 7) is 7.90. The number of halogens is 2. The summed E-state index contributed by atoms with van der Waals surface area (Å²) in [5.41, 5.74) is 0.905. The van der Waals surface area contributed by atoms with Crippen molar-refractivity contribution in [1.29, 1.82) is 0 Å². The number of alkyl halides is 2. The maximum absolute atomic E-state index is 12.3. The van der Waals surface area contributed by atoms with Gasteiger partial charge in [0.1, 0.15) is 4.33 Å². The predicted molar refractivity (Wildman–Crippen MR) is 78.4 cm³/mol. The van der Waals surface area contributed by atoms with Gasteiger partial charge in [-0.25, -0.2) is 0 Å². The fourth-order valence-electron chi connectivity index (χ4n) is 3.65. The van der Waals surface area contributed by atoms with Crippen LogP contribution >= 0.6 is 23.2 Å². The molecule has 0 aromatic rings. The molecule has 3 atom stereocenters. The molecule has 3 saturated carbocycles. The Labute approximate surface area is 129 Å². The Morgan fingerprint density at radius 2 is 1.85 bits per heavy atom. The number of Topliss-reactive ketones (excluding diaryl/α,β-unsaturated/α-hetero) is 1. The van der Waals surface area contributed by atoms with Crippen LogP contribution in [-0.4, -0.2) is 16.0 Å².